The number of rotatable bonds is 4. The molecule has 0 bridgehead atoms. The molecule has 0 N–H and O–H groups in total. The van der Waals surface area contributed by atoms with E-state index in [-0.39, 0.29) is 0 Å². The third kappa shape index (κ3) is 4.62. The number of nitriles is 1. The zero-order valence-corrected chi connectivity index (χ0v) is 21.5. The summed E-state index contributed by atoms with van der Waals surface area (Å²) in [4.78, 5) is 16.9. The molecule has 0 unspecified atom stereocenters. The second-order valence-corrected chi connectivity index (χ2v) is 40.6. The van der Waals surface area contributed by atoms with Crippen LogP contribution in [0.3, 0.4) is 0 Å². The molecule has 0 radical (unpaired) electrons. The van der Waals surface area contributed by atoms with E-state index in [1.807, 2.05) is 22.7 Å². The summed E-state index contributed by atoms with van der Waals surface area (Å²) in [6.07, 6.45) is 2.07. The third-order valence-corrected chi connectivity index (χ3v) is 24.5. The minimum atomic E-state index is -2.02. The molecule has 0 aliphatic rings. The number of thiophene rings is 2. The summed E-state index contributed by atoms with van der Waals surface area (Å²) in [5, 5.41) is 9.54. The molecular formula is C17H23NS2Sn2. The standard InChI is InChI=1S/C11H5NS2.6CH3.2Sn/c12-8-9(11-4-2-6-14-11)7-10-3-1-5-13-10;;;;;;;;/h1-4,7H;6*1H3;;. The molecule has 0 amide bonds. The Hall–Kier alpha value is 0.227. The van der Waals surface area contributed by atoms with Crippen LogP contribution in [-0.2, 0) is 0 Å². The van der Waals surface area contributed by atoms with Crippen LogP contribution in [-0.4, -0.2) is 36.8 Å². The van der Waals surface area contributed by atoms with Gasteiger partial charge in [-0.2, -0.15) is 0 Å². The molecule has 0 saturated carbocycles. The molecule has 0 aliphatic carbocycles. The molecule has 2 rings (SSSR count). The van der Waals surface area contributed by atoms with E-state index in [9.17, 15) is 5.26 Å². The van der Waals surface area contributed by atoms with Crippen molar-refractivity contribution in [3.63, 3.8) is 0 Å². The Bertz CT molecular complexity index is 734. The van der Waals surface area contributed by atoms with Crippen molar-refractivity contribution in [3.8, 4) is 6.07 Å². The van der Waals surface area contributed by atoms with Crippen molar-refractivity contribution in [2.24, 2.45) is 0 Å². The van der Waals surface area contributed by atoms with Crippen molar-refractivity contribution in [2.45, 2.75) is 29.6 Å². The van der Waals surface area contributed by atoms with Crippen LogP contribution in [0.4, 0.5) is 0 Å². The molecule has 116 valence electrons. The topological polar surface area (TPSA) is 23.8 Å². The average molecular weight is 543 g/mol. The molecule has 0 atom stereocenters. The Morgan fingerprint density at radius 3 is 1.91 bits per heavy atom. The Morgan fingerprint density at radius 2 is 1.45 bits per heavy atom. The molecule has 2 aromatic rings. The van der Waals surface area contributed by atoms with E-state index in [1.54, 1.807) is 2.89 Å². The van der Waals surface area contributed by atoms with E-state index >= 15 is 0 Å². The van der Waals surface area contributed by atoms with Crippen molar-refractivity contribution < 1.29 is 0 Å². The molecule has 2 aromatic heterocycles. The fourth-order valence-electron chi connectivity index (χ4n) is 2.02. The number of nitrogens with zero attached hydrogens (tertiary/aromatic N) is 1. The summed E-state index contributed by atoms with van der Waals surface area (Å²) < 4.78 is 3.10. The summed E-state index contributed by atoms with van der Waals surface area (Å²) in [5.41, 5.74) is 0.810. The summed E-state index contributed by atoms with van der Waals surface area (Å²) in [6, 6.07) is 11.2. The fraction of sp³-hybridized carbons (Fsp3) is 0.353. The quantitative estimate of drug-likeness (QED) is 0.396. The van der Waals surface area contributed by atoms with Crippen molar-refractivity contribution in [3.05, 3.63) is 34.0 Å². The van der Waals surface area contributed by atoms with Crippen molar-refractivity contribution in [2.75, 3.05) is 0 Å². The van der Waals surface area contributed by atoms with E-state index in [0.29, 0.717) is 0 Å². The second kappa shape index (κ2) is 7.00. The first-order valence-corrected chi connectivity index (χ1v) is 29.1. The van der Waals surface area contributed by atoms with Gasteiger partial charge in [0.05, 0.1) is 0 Å². The van der Waals surface area contributed by atoms with Gasteiger partial charge >= 0.3 is 152 Å². The zero-order valence-electron chi connectivity index (χ0n) is 14.2. The molecular weight excluding hydrogens is 520 g/mol. The van der Waals surface area contributed by atoms with Gasteiger partial charge < -0.3 is 0 Å². The number of hydrogen-bond donors (Lipinski definition) is 0. The van der Waals surface area contributed by atoms with Gasteiger partial charge in [0.25, 0.3) is 0 Å². The second-order valence-electron chi connectivity index (χ2n) is 7.54. The van der Waals surface area contributed by atoms with Crippen LogP contribution in [0.5, 0.6) is 0 Å². The van der Waals surface area contributed by atoms with Gasteiger partial charge in [0, 0.05) is 0 Å². The maximum atomic E-state index is 9.54. The fourth-order valence-corrected chi connectivity index (χ4v) is 14.6. The van der Waals surface area contributed by atoms with Crippen molar-refractivity contribution >= 4 is 76.9 Å². The average Bonchev–Trinajstić information content (AvgIpc) is 3.03. The molecule has 2 heterocycles. The predicted octanol–water partition coefficient (Wildman–Crippen LogP) is 4.96. The van der Waals surface area contributed by atoms with Crippen molar-refractivity contribution in [1.29, 1.82) is 5.26 Å². The van der Waals surface area contributed by atoms with Crippen LogP contribution in [0.25, 0.3) is 11.6 Å². The molecule has 0 aromatic carbocycles. The van der Waals surface area contributed by atoms with Crippen LogP contribution < -0.4 is 5.79 Å². The van der Waals surface area contributed by atoms with E-state index in [1.165, 1.54) is 7.77 Å². The normalized spacial score (nSPS) is 13.2. The van der Waals surface area contributed by atoms with Crippen LogP contribution >= 0.6 is 22.7 Å². The molecule has 5 heteroatoms. The SMILES string of the molecule is [CH3][Sn]([CH3])([CH3])[c]1ccc(C=C(C#N)c2cc[c]([Sn]([CH3])([CH3])[CH3])s2)s1. The summed E-state index contributed by atoms with van der Waals surface area (Å²) in [5.74, 6) is 0. The van der Waals surface area contributed by atoms with Crippen LogP contribution in [0.2, 0.25) is 29.6 Å². The summed E-state index contributed by atoms with van der Waals surface area (Å²) in [6.45, 7) is 0. The Kier molecular flexibility index (Phi) is 5.91. The van der Waals surface area contributed by atoms with Crippen molar-refractivity contribution in [1.82, 2.24) is 0 Å². The van der Waals surface area contributed by atoms with Gasteiger partial charge in [0.1, 0.15) is 0 Å². The van der Waals surface area contributed by atoms with Crippen LogP contribution in [0.15, 0.2) is 24.3 Å². The van der Waals surface area contributed by atoms with Crippen LogP contribution in [0, 0.1) is 11.3 Å². The predicted molar refractivity (Wildman–Crippen MR) is 108 cm³/mol. The molecule has 22 heavy (non-hydrogen) atoms. The molecule has 0 saturated heterocycles. The monoisotopic (exact) mass is 545 g/mol. The van der Waals surface area contributed by atoms with E-state index in [4.69, 9.17) is 0 Å². The first-order valence-electron chi connectivity index (χ1n) is 7.44. The zero-order chi connectivity index (χ0) is 16.5. The summed E-state index contributed by atoms with van der Waals surface area (Å²) >= 11 is -0.310. The van der Waals surface area contributed by atoms with Gasteiger partial charge in [-0.15, -0.1) is 0 Å². The Morgan fingerprint density at radius 1 is 0.909 bits per heavy atom. The van der Waals surface area contributed by atoms with Gasteiger partial charge in [-0.25, -0.2) is 0 Å². The first-order chi connectivity index (χ1) is 10.1. The van der Waals surface area contributed by atoms with Gasteiger partial charge in [0.2, 0.25) is 0 Å². The maximum absolute atomic E-state index is 9.54. The molecule has 0 fully saturated rings. The van der Waals surface area contributed by atoms with Gasteiger partial charge in [0.15, 0.2) is 0 Å². The number of allylic oxidation sites excluding steroid dienone is 1. The van der Waals surface area contributed by atoms with E-state index < -0.39 is 36.8 Å². The molecule has 0 spiro atoms. The van der Waals surface area contributed by atoms with Gasteiger partial charge in [-0.1, -0.05) is 0 Å². The molecule has 0 aliphatic heterocycles. The first kappa shape index (κ1) is 18.6. The van der Waals surface area contributed by atoms with Gasteiger partial charge in [-0.05, 0) is 0 Å². The molecule has 1 nitrogen and oxygen atoms in total. The minimum absolute atomic E-state index is 0.810. The third-order valence-electron chi connectivity index (χ3n) is 3.38. The van der Waals surface area contributed by atoms with E-state index in [0.717, 1.165) is 10.5 Å². The van der Waals surface area contributed by atoms with E-state index in [2.05, 4.69) is 66.0 Å². The van der Waals surface area contributed by atoms with Crippen LogP contribution in [0.1, 0.15) is 9.75 Å². The Balaban J connectivity index is 2.34. The van der Waals surface area contributed by atoms with Gasteiger partial charge in [-0.3, -0.25) is 0 Å². The number of hydrogen-bond acceptors (Lipinski definition) is 3. The Labute approximate surface area is 150 Å². The summed E-state index contributed by atoms with van der Waals surface area (Å²) in [7, 11) is 0.